The van der Waals surface area contributed by atoms with Crippen molar-refractivity contribution in [3.05, 3.63) is 24.2 Å². The summed E-state index contributed by atoms with van der Waals surface area (Å²) in [4.78, 5) is 16.0. The molecule has 178 valence electrons. The standard InChI is InChI=1S/C20H23F2N5O6/c1-18(2,16(21)22)33-17(28)29-8-20(7-23)14-13(30-19(3,4)32-14)12(31-20)10-5-6-11-15(24)25-9-26-27(10)11/h5-6,9,12-14,16H,8H2,1-4H3,(H2,24,25,26)/t12-,13?,14?,20+/m0/s1. The van der Waals surface area contributed by atoms with Gasteiger partial charge in [0.05, 0.1) is 5.69 Å². The van der Waals surface area contributed by atoms with Crippen LogP contribution in [-0.2, 0) is 23.7 Å². The molecule has 2 aliphatic rings. The third-order valence-corrected chi connectivity index (χ3v) is 5.49. The fourth-order valence-electron chi connectivity index (χ4n) is 3.84. The maximum absolute atomic E-state index is 13.0. The van der Waals surface area contributed by atoms with Gasteiger partial charge in [-0.1, -0.05) is 0 Å². The first kappa shape index (κ1) is 23.1. The number of carbonyl (C=O) groups is 1. The van der Waals surface area contributed by atoms with E-state index in [2.05, 4.69) is 14.8 Å². The second kappa shape index (κ2) is 7.75. The Morgan fingerprint density at radius 2 is 2.09 bits per heavy atom. The molecule has 4 rings (SSSR count). The largest absolute Gasteiger partial charge is 0.509 e. The molecule has 2 unspecified atom stereocenters. The van der Waals surface area contributed by atoms with Crippen molar-refractivity contribution in [1.82, 2.24) is 14.6 Å². The first-order chi connectivity index (χ1) is 15.4. The van der Waals surface area contributed by atoms with Gasteiger partial charge in [0.25, 0.3) is 6.43 Å². The highest BCUT2D eigenvalue weighted by Crippen LogP contribution is 2.50. The third-order valence-electron chi connectivity index (χ3n) is 5.49. The van der Waals surface area contributed by atoms with E-state index in [0.29, 0.717) is 11.2 Å². The zero-order valence-electron chi connectivity index (χ0n) is 18.3. The Kier molecular flexibility index (Phi) is 5.43. The predicted molar refractivity (Wildman–Crippen MR) is 106 cm³/mol. The molecule has 4 atom stereocenters. The highest BCUT2D eigenvalue weighted by molar-refractivity contribution is 5.65. The Morgan fingerprint density at radius 3 is 2.76 bits per heavy atom. The second-order valence-corrected chi connectivity index (χ2v) is 8.81. The normalized spacial score (nSPS) is 28.6. The van der Waals surface area contributed by atoms with Crippen molar-refractivity contribution in [3.63, 3.8) is 0 Å². The third kappa shape index (κ3) is 3.94. The van der Waals surface area contributed by atoms with Crippen molar-refractivity contribution >= 4 is 17.5 Å². The number of rotatable bonds is 5. The van der Waals surface area contributed by atoms with Gasteiger partial charge >= 0.3 is 6.16 Å². The number of hydrogen-bond acceptors (Lipinski definition) is 10. The van der Waals surface area contributed by atoms with Gasteiger partial charge in [0.1, 0.15) is 42.8 Å². The molecule has 13 heteroatoms. The topological polar surface area (TPSA) is 143 Å². The zero-order valence-corrected chi connectivity index (χ0v) is 18.3. The van der Waals surface area contributed by atoms with Crippen LogP contribution < -0.4 is 5.73 Å². The Labute approximate surface area is 187 Å². The number of nitrogens with zero attached hydrogens (tertiary/aromatic N) is 4. The molecular formula is C20H23F2N5O6. The molecule has 2 aliphatic heterocycles. The van der Waals surface area contributed by atoms with Gasteiger partial charge in [0.2, 0.25) is 5.60 Å². The zero-order chi connectivity index (χ0) is 24.2. The van der Waals surface area contributed by atoms with Crippen LogP contribution in [-0.4, -0.2) is 63.0 Å². The van der Waals surface area contributed by atoms with Crippen LogP contribution in [0.2, 0.25) is 0 Å². The van der Waals surface area contributed by atoms with E-state index >= 15 is 0 Å². The van der Waals surface area contributed by atoms with Crippen molar-refractivity contribution in [2.75, 3.05) is 12.3 Å². The number of nitrogen functional groups attached to an aromatic ring is 1. The predicted octanol–water partition coefficient (Wildman–Crippen LogP) is 2.36. The maximum atomic E-state index is 13.0. The molecule has 2 saturated heterocycles. The number of carbonyl (C=O) groups excluding carboxylic acids is 1. The van der Waals surface area contributed by atoms with Gasteiger partial charge in [0, 0.05) is 0 Å². The van der Waals surface area contributed by atoms with Crippen molar-refractivity contribution in [1.29, 1.82) is 5.26 Å². The Morgan fingerprint density at radius 1 is 1.36 bits per heavy atom. The van der Waals surface area contributed by atoms with E-state index in [-0.39, 0.29) is 5.82 Å². The molecule has 2 aromatic heterocycles. The summed E-state index contributed by atoms with van der Waals surface area (Å²) in [7, 11) is 0. The minimum atomic E-state index is -2.93. The monoisotopic (exact) mass is 467 g/mol. The minimum Gasteiger partial charge on any atom is -0.430 e. The molecule has 0 amide bonds. The first-order valence-electron chi connectivity index (χ1n) is 10.1. The number of aromatic nitrogens is 3. The number of alkyl halides is 2. The number of halogens is 2. The van der Waals surface area contributed by atoms with Gasteiger partial charge in [-0.05, 0) is 39.8 Å². The van der Waals surface area contributed by atoms with E-state index in [0.717, 1.165) is 13.8 Å². The average molecular weight is 467 g/mol. The molecule has 2 aromatic rings. The van der Waals surface area contributed by atoms with Crippen LogP contribution in [0.5, 0.6) is 0 Å². The molecule has 0 aliphatic carbocycles. The van der Waals surface area contributed by atoms with Gasteiger partial charge in [-0.25, -0.2) is 23.1 Å². The van der Waals surface area contributed by atoms with Crippen molar-refractivity contribution in [2.24, 2.45) is 0 Å². The molecule has 0 aromatic carbocycles. The van der Waals surface area contributed by atoms with Gasteiger partial charge < -0.3 is 29.4 Å². The average Bonchev–Trinajstić information content (AvgIpc) is 3.37. The molecular weight excluding hydrogens is 444 g/mol. The van der Waals surface area contributed by atoms with E-state index in [4.69, 9.17) is 24.7 Å². The van der Waals surface area contributed by atoms with Crippen molar-refractivity contribution in [3.8, 4) is 6.07 Å². The number of ether oxygens (including phenoxy) is 5. The lowest BCUT2D eigenvalue weighted by Gasteiger charge is -2.29. The molecule has 4 heterocycles. The van der Waals surface area contributed by atoms with Crippen LogP contribution in [0, 0.1) is 11.3 Å². The summed E-state index contributed by atoms with van der Waals surface area (Å²) in [5, 5.41) is 14.2. The molecule has 11 nitrogen and oxygen atoms in total. The van der Waals surface area contributed by atoms with E-state index in [1.54, 1.807) is 26.0 Å². The van der Waals surface area contributed by atoms with E-state index in [1.165, 1.54) is 10.8 Å². The number of nitrogens with two attached hydrogens (primary N) is 1. The summed E-state index contributed by atoms with van der Waals surface area (Å²) in [6.45, 7) is 4.78. The molecule has 0 bridgehead atoms. The quantitative estimate of drug-likeness (QED) is 0.651. The van der Waals surface area contributed by atoms with E-state index < -0.39 is 54.5 Å². The van der Waals surface area contributed by atoms with E-state index in [9.17, 15) is 18.8 Å². The van der Waals surface area contributed by atoms with Crippen LogP contribution in [0.1, 0.15) is 39.5 Å². The van der Waals surface area contributed by atoms with Crippen LogP contribution in [0.15, 0.2) is 18.5 Å². The summed E-state index contributed by atoms with van der Waals surface area (Å²) >= 11 is 0. The van der Waals surface area contributed by atoms with Gasteiger partial charge in [-0.15, -0.1) is 0 Å². The highest BCUT2D eigenvalue weighted by atomic mass is 19.3. The molecule has 2 N–H and O–H groups in total. The summed E-state index contributed by atoms with van der Waals surface area (Å²) in [6, 6.07) is 5.39. The Hall–Kier alpha value is -3.08. The lowest BCUT2D eigenvalue weighted by Crippen LogP contribution is -2.47. The lowest BCUT2D eigenvalue weighted by atomic mass is 9.96. The SMILES string of the molecule is CC1(C)OC2C(O1)[C@@](C#N)(COC(=O)OC(C)(C)C(F)F)O[C@H]2c1ccc2c(N)ncnn12. The lowest BCUT2D eigenvalue weighted by molar-refractivity contribution is -0.206. The first-order valence-corrected chi connectivity index (χ1v) is 10.1. The fraction of sp³-hybridized carbons (Fsp3) is 0.600. The molecule has 0 saturated carbocycles. The Balaban J connectivity index is 1.63. The number of hydrogen-bond donors (Lipinski definition) is 1. The van der Waals surface area contributed by atoms with Gasteiger partial charge in [-0.2, -0.15) is 10.4 Å². The molecule has 0 spiro atoms. The maximum Gasteiger partial charge on any atom is 0.509 e. The molecule has 33 heavy (non-hydrogen) atoms. The summed E-state index contributed by atoms with van der Waals surface area (Å²) in [5.41, 5.74) is 3.06. The molecule has 2 fully saturated rings. The number of nitriles is 1. The van der Waals surface area contributed by atoms with Crippen molar-refractivity contribution in [2.45, 2.75) is 69.4 Å². The highest BCUT2D eigenvalue weighted by Gasteiger charge is 2.65. The minimum absolute atomic E-state index is 0.244. The van der Waals surface area contributed by atoms with Crippen molar-refractivity contribution < 1.29 is 37.3 Å². The van der Waals surface area contributed by atoms with E-state index in [1.807, 2.05) is 6.07 Å². The summed E-state index contributed by atoms with van der Waals surface area (Å²) < 4.78 is 55.2. The number of fused-ring (bicyclic) bond motifs is 2. The summed E-state index contributed by atoms with van der Waals surface area (Å²) in [5.74, 6) is -0.826. The van der Waals surface area contributed by atoms with Crippen LogP contribution in [0.4, 0.5) is 19.4 Å². The smallest absolute Gasteiger partial charge is 0.430 e. The number of anilines is 1. The Bertz CT molecular complexity index is 1120. The van der Waals surface area contributed by atoms with Crippen LogP contribution >= 0.6 is 0 Å². The van der Waals surface area contributed by atoms with Crippen LogP contribution in [0.3, 0.4) is 0 Å². The van der Waals surface area contributed by atoms with Gasteiger partial charge in [0.15, 0.2) is 17.2 Å². The fourth-order valence-corrected chi connectivity index (χ4v) is 3.84. The molecule has 0 radical (unpaired) electrons. The summed E-state index contributed by atoms with van der Waals surface area (Å²) in [6.07, 6.45) is -5.63. The van der Waals surface area contributed by atoms with Crippen LogP contribution in [0.25, 0.3) is 5.52 Å². The van der Waals surface area contributed by atoms with Gasteiger partial charge in [-0.3, -0.25) is 0 Å². The second-order valence-electron chi connectivity index (χ2n) is 8.81.